The number of thiophene rings is 2. The van der Waals surface area contributed by atoms with E-state index in [1.165, 1.54) is 64.7 Å². The zero-order chi connectivity index (χ0) is 21.1. The van der Waals surface area contributed by atoms with Crippen molar-refractivity contribution in [3.8, 4) is 22.3 Å². The molecule has 6 aromatic rings. The smallest absolute Gasteiger partial charge is 0.0352 e. The molecule has 0 saturated heterocycles. The highest BCUT2D eigenvalue weighted by Crippen LogP contribution is 2.56. The van der Waals surface area contributed by atoms with Crippen molar-refractivity contribution in [1.29, 1.82) is 0 Å². The fraction of sp³-hybridized carbons (Fsp3) is 0.0667. The lowest BCUT2D eigenvalue weighted by Gasteiger charge is -2.27. The molecule has 152 valence electrons. The molecular weight excluding hydrogens is 424 g/mol. The van der Waals surface area contributed by atoms with Crippen LogP contribution in [0, 0.1) is 0 Å². The van der Waals surface area contributed by atoms with E-state index >= 15 is 0 Å². The highest BCUT2D eigenvalue weighted by atomic mass is 32.1. The van der Waals surface area contributed by atoms with Crippen molar-refractivity contribution in [3.63, 3.8) is 0 Å². The lowest BCUT2D eigenvalue weighted by Crippen LogP contribution is -2.02. The Morgan fingerprint density at radius 1 is 0.469 bits per heavy atom. The number of hydrogen-bond donors (Lipinski definition) is 0. The zero-order valence-electron chi connectivity index (χ0n) is 17.5. The first kappa shape index (κ1) is 18.4. The summed E-state index contributed by atoms with van der Waals surface area (Å²) in [5.74, 6) is 0. The van der Waals surface area contributed by atoms with Gasteiger partial charge in [-0.1, -0.05) is 72.8 Å². The normalized spacial score (nSPS) is 12.0. The molecule has 4 aromatic carbocycles. The van der Waals surface area contributed by atoms with Crippen LogP contribution in [0.4, 0.5) is 0 Å². The lowest BCUT2D eigenvalue weighted by atomic mass is 9.75. The van der Waals surface area contributed by atoms with Crippen molar-refractivity contribution in [2.45, 2.75) is 12.8 Å². The van der Waals surface area contributed by atoms with Crippen LogP contribution in [-0.4, -0.2) is 0 Å². The molecule has 2 aromatic heterocycles. The minimum absolute atomic E-state index is 0.993. The summed E-state index contributed by atoms with van der Waals surface area (Å²) < 4.78 is 2.80. The summed E-state index contributed by atoms with van der Waals surface area (Å²) in [6.45, 7) is 0. The Hall–Kier alpha value is -3.20. The van der Waals surface area contributed by atoms with Gasteiger partial charge in [0.15, 0.2) is 0 Å². The molecule has 32 heavy (non-hydrogen) atoms. The highest BCUT2D eigenvalue weighted by molar-refractivity contribution is 7.18. The summed E-state index contributed by atoms with van der Waals surface area (Å²) in [6.07, 6.45) is 1.99. The van der Waals surface area contributed by atoms with Crippen LogP contribution in [0.3, 0.4) is 0 Å². The first-order valence-electron chi connectivity index (χ1n) is 11.0. The van der Waals surface area contributed by atoms with E-state index in [4.69, 9.17) is 0 Å². The van der Waals surface area contributed by atoms with E-state index < -0.39 is 0 Å². The topological polar surface area (TPSA) is 0 Å². The maximum Gasteiger partial charge on any atom is 0.0352 e. The summed E-state index contributed by atoms with van der Waals surface area (Å²) in [5.41, 5.74) is 11.4. The van der Waals surface area contributed by atoms with Crippen LogP contribution >= 0.6 is 22.7 Å². The molecule has 0 atom stereocenters. The van der Waals surface area contributed by atoms with Crippen molar-refractivity contribution >= 4 is 42.8 Å². The van der Waals surface area contributed by atoms with Crippen LogP contribution < -0.4 is 0 Å². The summed E-state index contributed by atoms with van der Waals surface area (Å²) in [4.78, 5) is 0. The third-order valence-electron chi connectivity index (χ3n) is 6.65. The molecule has 0 radical (unpaired) electrons. The van der Waals surface area contributed by atoms with Gasteiger partial charge in [-0.05, 0) is 80.2 Å². The van der Waals surface area contributed by atoms with Gasteiger partial charge in [0, 0.05) is 20.2 Å². The molecule has 0 unspecified atom stereocenters. The Morgan fingerprint density at radius 3 is 1.34 bits per heavy atom. The fourth-order valence-electron chi connectivity index (χ4n) is 5.19. The number of hydrogen-bond acceptors (Lipinski definition) is 2. The second kappa shape index (κ2) is 7.16. The molecule has 1 aliphatic carbocycles. The minimum atomic E-state index is 0.993. The van der Waals surface area contributed by atoms with Gasteiger partial charge in [0.2, 0.25) is 0 Å². The molecule has 2 heteroatoms. The first-order valence-corrected chi connectivity index (χ1v) is 12.8. The SMILES string of the molecule is c1ccc(Cc2csc3ccc4c(c23)-c2ccc3scc(Cc5ccccc5)c3c2-4)cc1. The molecule has 7 rings (SSSR count). The average Bonchev–Trinajstić information content (AvgIpc) is 3.41. The molecule has 1 aliphatic rings. The van der Waals surface area contributed by atoms with E-state index in [0.717, 1.165) is 12.8 Å². The molecule has 2 heterocycles. The van der Waals surface area contributed by atoms with Gasteiger partial charge >= 0.3 is 0 Å². The largest absolute Gasteiger partial charge is 0.143 e. The van der Waals surface area contributed by atoms with Gasteiger partial charge in [0.25, 0.3) is 0 Å². The third kappa shape index (κ3) is 2.73. The quantitative estimate of drug-likeness (QED) is 0.254. The minimum Gasteiger partial charge on any atom is -0.143 e. The maximum atomic E-state index is 2.36. The van der Waals surface area contributed by atoms with E-state index in [-0.39, 0.29) is 0 Å². The van der Waals surface area contributed by atoms with Gasteiger partial charge in [-0.25, -0.2) is 0 Å². The summed E-state index contributed by atoms with van der Waals surface area (Å²) in [7, 11) is 0. The van der Waals surface area contributed by atoms with E-state index in [0.29, 0.717) is 0 Å². The van der Waals surface area contributed by atoms with Gasteiger partial charge in [0.05, 0.1) is 0 Å². The van der Waals surface area contributed by atoms with Crippen LogP contribution in [-0.2, 0) is 12.8 Å². The highest BCUT2D eigenvalue weighted by Gasteiger charge is 2.29. The van der Waals surface area contributed by atoms with Crippen molar-refractivity contribution in [2.24, 2.45) is 0 Å². The Balaban J connectivity index is 1.38. The number of fused-ring (bicyclic) bond motifs is 8. The maximum absolute atomic E-state index is 2.36. The van der Waals surface area contributed by atoms with E-state index in [1.54, 1.807) is 0 Å². The molecule has 0 aliphatic heterocycles. The summed E-state index contributed by atoms with van der Waals surface area (Å²) in [5, 5.41) is 7.64. The van der Waals surface area contributed by atoms with Crippen LogP contribution in [0.1, 0.15) is 22.3 Å². The molecule has 0 bridgehead atoms. The fourth-order valence-corrected chi connectivity index (χ4v) is 7.13. The number of benzene rings is 4. The van der Waals surface area contributed by atoms with Crippen LogP contribution in [0.25, 0.3) is 42.4 Å². The lowest BCUT2D eigenvalue weighted by molar-refractivity contribution is 1.22. The summed E-state index contributed by atoms with van der Waals surface area (Å²) >= 11 is 3.75. The predicted molar refractivity (Wildman–Crippen MR) is 140 cm³/mol. The Labute approximate surface area is 195 Å². The van der Waals surface area contributed by atoms with E-state index in [1.807, 2.05) is 22.7 Å². The number of rotatable bonds is 4. The van der Waals surface area contributed by atoms with Crippen molar-refractivity contribution in [2.75, 3.05) is 0 Å². The van der Waals surface area contributed by atoms with Crippen molar-refractivity contribution < 1.29 is 0 Å². The third-order valence-corrected chi connectivity index (χ3v) is 8.64. The predicted octanol–water partition coefficient (Wildman–Crippen LogP) is 8.95. The van der Waals surface area contributed by atoms with Gasteiger partial charge in [-0.2, -0.15) is 0 Å². The summed E-state index contributed by atoms with van der Waals surface area (Å²) in [6, 6.07) is 31.0. The molecule has 0 amide bonds. The van der Waals surface area contributed by atoms with Crippen LogP contribution in [0.2, 0.25) is 0 Å². The Morgan fingerprint density at radius 2 is 0.906 bits per heavy atom. The molecule has 0 fully saturated rings. The Kier molecular flexibility index (Phi) is 4.11. The molecular formula is C30H20S2. The second-order valence-corrected chi connectivity index (χ2v) is 10.4. The van der Waals surface area contributed by atoms with E-state index in [2.05, 4.69) is 95.7 Å². The average molecular weight is 445 g/mol. The van der Waals surface area contributed by atoms with Gasteiger partial charge < -0.3 is 0 Å². The molecule has 0 spiro atoms. The molecule has 0 N–H and O–H groups in total. The van der Waals surface area contributed by atoms with Crippen LogP contribution in [0.15, 0.2) is 95.7 Å². The zero-order valence-corrected chi connectivity index (χ0v) is 19.1. The van der Waals surface area contributed by atoms with E-state index in [9.17, 15) is 0 Å². The van der Waals surface area contributed by atoms with Crippen LogP contribution in [0.5, 0.6) is 0 Å². The standard InChI is InChI=1S/C30H20S2/c1-3-7-19(8-4-1)15-21-17-31-25-13-11-23-29(27(21)25)24-12-14-26-28(30(23)24)22(18-32-26)16-20-9-5-2-6-10-20/h1-14,17-18H,15-16H2. The molecule has 0 nitrogen and oxygen atoms in total. The van der Waals surface area contributed by atoms with Gasteiger partial charge in [-0.3, -0.25) is 0 Å². The van der Waals surface area contributed by atoms with Gasteiger partial charge in [-0.15, -0.1) is 22.7 Å². The monoisotopic (exact) mass is 444 g/mol. The molecule has 0 saturated carbocycles. The first-order chi connectivity index (χ1) is 15.9. The van der Waals surface area contributed by atoms with Crippen molar-refractivity contribution in [3.05, 3.63) is 118 Å². The second-order valence-electron chi connectivity index (χ2n) is 8.57. The van der Waals surface area contributed by atoms with Crippen molar-refractivity contribution in [1.82, 2.24) is 0 Å². The Bertz CT molecular complexity index is 1460. The van der Waals surface area contributed by atoms with Gasteiger partial charge in [0.1, 0.15) is 0 Å².